The van der Waals surface area contributed by atoms with Crippen LogP contribution in [0.25, 0.3) is 0 Å². The van der Waals surface area contributed by atoms with E-state index in [0.717, 1.165) is 0 Å². The smallest absolute Gasteiger partial charge is 0.249 e. The van der Waals surface area contributed by atoms with Crippen molar-refractivity contribution in [2.45, 2.75) is 111 Å². The van der Waals surface area contributed by atoms with Gasteiger partial charge in [-0.05, 0) is 25.8 Å². The summed E-state index contributed by atoms with van der Waals surface area (Å²) in [5.74, 6) is -0.925. The van der Waals surface area contributed by atoms with Crippen LogP contribution in [-0.2, 0) is 23.7 Å². The average Bonchev–Trinajstić information content (AvgIpc) is 2.92. The highest BCUT2D eigenvalue weighted by atomic mass is 16.7. The zero-order valence-corrected chi connectivity index (χ0v) is 21.5. The second-order valence-corrected chi connectivity index (χ2v) is 10.3. The third-order valence-corrected chi connectivity index (χ3v) is 7.50. The normalized spacial score (nSPS) is 46.0. The van der Waals surface area contributed by atoms with E-state index in [1.807, 2.05) is 0 Å². The van der Waals surface area contributed by atoms with E-state index in [4.69, 9.17) is 47.6 Å². The average molecular weight is 569 g/mol. The molecule has 3 fully saturated rings. The Labute approximate surface area is 225 Å². The van der Waals surface area contributed by atoms with Gasteiger partial charge in [-0.2, -0.15) is 0 Å². The van der Waals surface area contributed by atoms with Gasteiger partial charge in [0.15, 0.2) is 12.6 Å². The molecule has 1 aliphatic carbocycles. The van der Waals surface area contributed by atoms with E-state index in [1.54, 1.807) is 0 Å². The van der Waals surface area contributed by atoms with Crippen LogP contribution in [0.5, 0.6) is 0 Å². The summed E-state index contributed by atoms with van der Waals surface area (Å²) >= 11 is 0. The van der Waals surface area contributed by atoms with Gasteiger partial charge in [-0.1, -0.05) is 0 Å². The molecule has 6 unspecified atom stereocenters. The van der Waals surface area contributed by atoms with E-state index in [9.17, 15) is 35.4 Å². The molecule has 0 spiro atoms. The van der Waals surface area contributed by atoms with Crippen molar-refractivity contribution in [3.05, 3.63) is 0 Å². The second kappa shape index (κ2) is 14.2. The molecule has 3 rings (SSSR count). The number of rotatable bonds is 10. The van der Waals surface area contributed by atoms with Gasteiger partial charge in [0, 0.05) is 6.54 Å². The highest BCUT2D eigenvalue weighted by Crippen LogP contribution is 2.31. The van der Waals surface area contributed by atoms with Crippen LogP contribution in [-0.4, -0.2) is 148 Å². The van der Waals surface area contributed by atoms with Crippen LogP contribution >= 0.6 is 0 Å². The van der Waals surface area contributed by atoms with Gasteiger partial charge in [0.2, 0.25) is 5.91 Å². The van der Waals surface area contributed by atoms with Crippen molar-refractivity contribution in [3.8, 4) is 0 Å². The van der Waals surface area contributed by atoms with Crippen molar-refractivity contribution in [2.24, 2.45) is 28.7 Å². The van der Waals surface area contributed by atoms with Crippen molar-refractivity contribution in [2.75, 3.05) is 19.7 Å². The lowest BCUT2D eigenvalue weighted by molar-refractivity contribution is -0.319. The zero-order chi connectivity index (χ0) is 29.0. The van der Waals surface area contributed by atoms with E-state index in [-0.39, 0.29) is 25.6 Å². The number of ether oxygens (including phenoxy) is 4. The summed E-state index contributed by atoms with van der Waals surface area (Å²) in [6.07, 6.45) is -14.1. The summed E-state index contributed by atoms with van der Waals surface area (Å²) in [5.41, 5.74) is 29.4. The van der Waals surface area contributed by atoms with Gasteiger partial charge < -0.3 is 83.6 Å². The molecule has 2 saturated heterocycles. The fourth-order valence-electron chi connectivity index (χ4n) is 5.03. The number of carbonyl (C=O) groups excluding carboxylic acids is 1. The molecular formula is C22H44N6O11. The van der Waals surface area contributed by atoms with Gasteiger partial charge in [-0.15, -0.1) is 0 Å². The topological polar surface area (TPSA) is 317 Å². The number of amides is 1. The van der Waals surface area contributed by atoms with Gasteiger partial charge in [-0.3, -0.25) is 4.79 Å². The summed E-state index contributed by atoms with van der Waals surface area (Å²) in [6.45, 7) is -0.469. The van der Waals surface area contributed by atoms with Crippen LogP contribution in [0.1, 0.15) is 19.3 Å². The highest BCUT2D eigenvalue weighted by molar-refractivity contribution is 5.81. The Morgan fingerprint density at radius 2 is 1.56 bits per heavy atom. The minimum atomic E-state index is -1.68. The predicted octanol–water partition coefficient (Wildman–Crippen LogP) is -7.43. The molecule has 0 aromatic carbocycles. The first kappa shape index (κ1) is 32.4. The maximum Gasteiger partial charge on any atom is 0.249 e. The summed E-state index contributed by atoms with van der Waals surface area (Å²) in [6, 6.07) is -4.65. The summed E-state index contributed by atoms with van der Waals surface area (Å²) in [4.78, 5) is 12.6. The van der Waals surface area contributed by atoms with Crippen LogP contribution in [0.15, 0.2) is 0 Å². The van der Waals surface area contributed by atoms with Crippen molar-refractivity contribution in [1.82, 2.24) is 5.32 Å². The van der Waals surface area contributed by atoms with E-state index in [1.165, 1.54) is 0 Å². The molecule has 0 aromatic rings. The lowest BCUT2D eigenvalue weighted by Crippen LogP contribution is -2.74. The Morgan fingerprint density at radius 1 is 0.897 bits per heavy atom. The maximum atomic E-state index is 12.6. The molecule has 15 atom stereocenters. The Bertz CT molecular complexity index is 787. The number of nitrogens with one attached hydrogen (secondary N) is 1. The standard InChI is InChI=1S/C22H44N6O11/c23-4-3-9(30)20(35)28-13-15(32)12(27)18(38-21-8(25)2-1-7(5-24)36-21)17(34)19(13)39-22-16(33)11(26)14(31)10(6-29)37-22/h7-19,21-22,29-34H,1-6,23-27H2,(H,28,35)/t7-,8?,9-,10?,11-,12-,13+,14-,15?,16?,17?,18?,19+,21-,22-/m0/s1. The highest BCUT2D eigenvalue weighted by Gasteiger charge is 2.54. The van der Waals surface area contributed by atoms with Gasteiger partial charge in [0.25, 0.3) is 0 Å². The number of nitrogens with two attached hydrogens (primary N) is 5. The molecule has 1 saturated carbocycles. The first-order valence-electron chi connectivity index (χ1n) is 13.0. The monoisotopic (exact) mass is 568 g/mol. The summed E-state index contributed by atoms with van der Waals surface area (Å²) in [7, 11) is 0. The molecule has 3 aliphatic rings. The van der Waals surface area contributed by atoms with Crippen LogP contribution in [0.4, 0.5) is 0 Å². The Hall–Kier alpha value is -1.13. The molecule has 17 heteroatoms. The van der Waals surface area contributed by atoms with E-state index in [0.29, 0.717) is 12.8 Å². The summed E-state index contributed by atoms with van der Waals surface area (Å²) < 4.78 is 23.0. The number of carbonyl (C=O) groups is 1. The molecule has 0 bridgehead atoms. The first-order valence-corrected chi connectivity index (χ1v) is 13.0. The minimum Gasteiger partial charge on any atom is -0.394 e. The molecule has 2 aliphatic heterocycles. The largest absolute Gasteiger partial charge is 0.394 e. The number of aliphatic hydroxyl groups excluding tert-OH is 6. The van der Waals surface area contributed by atoms with Gasteiger partial charge in [-0.25, -0.2) is 0 Å². The maximum absolute atomic E-state index is 12.6. The molecule has 17 nitrogen and oxygen atoms in total. The number of hydrogen-bond donors (Lipinski definition) is 12. The Balaban J connectivity index is 1.88. The molecule has 0 radical (unpaired) electrons. The van der Waals surface area contributed by atoms with E-state index in [2.05, 4.69) is 5.32 Å². The molecule has 228 valence electrons. The SMILES string of the molecule is NCC[C@H](O)C(=O)N[C@@H]1C(O)[C@H](N)C(O[C@@H]2O[C@H](CN)CCC2N)C(O)[C@@H]1O[C@@H]1OC(CO)[C@H](O)[C@H](N)C1O. The molecule has 2 heterocycles. The van der Waals surface area contributed by atoms with Gasteiger partial charge in [0.05, 0.1) is 43.0 Å². The van der Waals surface area contributed by atoms with Gasteiger partial charge >= 0.3 is 0 Å². The zero-order valence-electron chi connectivity index (χ0n) is 21.5. The van der Waals surface area contributed by atoms with Gasteiger partial charge in [0.1, 0.15) is 42.7 Å². The van der Waals surface area contributed by atoms with Crippen LogP contribution < -0.4 is 34.0 Å². The van der Waals surface area contributed by atoms with Crippen molar-refractivity contribution >= 4 is 5.91 Å². The Kier molecular flexibility index (Phi) is 11.8. The molecule has 0 aromatic heterocycles. The minimum absolute atomic E-state index is 0.00387. The molecule has 17 N–H and O–H groups in total. The van der Waals surface area contributed by atoms with Crippen LogP contribution in [0.3, 0.4) is 0 Å². The number of aliphatic hydroxyl groups is 6. The summed E-state index contributed by atoms with van der Waals surface area (Å²) in [5, 5.41) is 65.3. The lowest BCUT2D eigenvalue weighted by atomic mass is 9.81. The fraction of sp³-hybridized carbons (Fsp3) is 0.955. The lowest BCUT2D eigenvalue weighted by Gasteiger charge is -2.50. The van der Waals surface area contributed by atoms with Crippen molar-refractivity contribution in [3.63, 3.8) is 0 Å². The Morgan fingerprint density at radius 3 is 2.18 bits per heavy atom. The van der Waals surface area contributed by atoms with Crippen LogP contribution in [0, 0.1) is 0 Å². The van der Waals surface area contributed by atoms with Crippen molar-refractivity contribution < 1.29 is 54.4 Å². The third-order valence-electron chi connectivity index (χ3n) is 7.50. The number of hydrogen-bond acceptors (Lipinski definition) is 16. The molecular weight excluding hydrogens is 524 g/mol. The first-order chi connectivity index (χ1) is 18.4. The fourth-order valence-corrected chi connectivity index (χ4v) is 5.03. The third kappa shape index (κ3) is 7.21. The van der Waals surface area contributed by atoms with E-state index >= 15 is 0 Å². The molecule has 39 heavy (non-hydrogen) atoms. The molecule has 1 amide bonds. The predicted molar refractivity (Wildman–Crippen MR) is 132 cm³/mol. The second-order valence-electron chi connectivity index (χ2n) is 10.3. The van der Waals surface area contributed by atoms with Crippen molar-refractivity contribution in [1.29, 1.82) is 0 Å². The van der Waals surface area contributed by atoms with Crippen LogP contribution in [0.2, 0.25) is 0 Å². The van der Waals surface area contributed by atoms with E-state index < -0.39 is 98.1 Å². The quantitative estimate of drug-likeness (QED) is 0.116.